The van der Waals surface area contributed by atoms with Crippen LogP contribution >= 0.6 is 0 Å². The molecule has 2 aliphatic heterocycles. The van der Waals surface area contributed by atoms with Crippen molar-refractivity contribution in [1.29, 1.82) is 0 Å². The van der Waals surface area contributed by atoms with E-state index in [0.29, 0.717) is 5.56 Å². The van der Waals surface area contributed by atoms with Gasteiger partial charge in [0.2, 0.25) is 0 Å². The fourth-order valence-electron chi connectivity index (χ4n) is 6.12. The Morgan fingerprint density at radius 3 is 2.12 bits per heavy atom. The third-order valence-electron chi connectivity index (χ3n) is 8.40. The number of nitrogens with one attached hydrogen (secondary N) is 1. The number of amides is 1. The van der Waals surface area contributed by atoms with Crippen molar-refractivity contribution in [3.8, 4) is 0 Å². The molecule has 1 unspecified atom stereocenters. The number of rotatable bonds is 7. The second-order valence-electron chi connectivity index (χ2n) is 12.6. The first kappa shape index (κ1) is 31.7. The van der Waals surface area contributed by atoms with Crippen LogP contribution < -0.4 is 11.0 Å². The number of anilines is 1. The second-order valence-corrected chi connectivity index (χ2v) is 21.4. The van der Waals surface area contributed by atoms with Gasteiger partial charge in [0.15, 0.2) is 6.23 Å². The molecule has 2 N–H and O–H groups in total. The normalized spacial score (nSPS) is 27.6. The quantitative estimate of drug-likeness (QED) is 0.420. The number of ether oxygens (including phenoxy) is 1. The van der Waals surface area contributed by atoms with Gasteiger partial charge in [-0.2, -0.15) is 4.98 Å². The van der Waals surface area contributed by atoms with Gasteiger partial charge in [0.1, 0.15) is 23.6 Å². The van der Waals surface area contributed by atoms with Crippen LogP contribution in [0.25, 0.3) is 0 Å². The standard InChI is InChI=1S/C29H45N3O7Si2/c1-18(2)40(19(3)4)36-17-23-25(38-41(39-40,20(5)6)21(7)8)29(9,35)27(37-23)32-16-15-24(31-28(32)34)30-26(33)22-13-11-10-12-14-22/h10-16,18-21,23,25,27,35H,17H2,1-9H3,(H,30,31,33,34)/t23-,25?,27-,29-/m1/s1. The van der Waals surface area contributed by atoms with Crippen molar-refractivity contribution in [2.45, 2.75) is 109 Å². The fraction of sp³-hybridized carbons (Fsp3) is 0.621. The number of fused-ring (bicyclic) bond motifs is 1. The van der Waals surface area contributed by atoms with E-state index in [1.54, 1.807) is 31.2 Å². The number of nitrogens with zero attached hydrogens (tertiary/aromatic N) is 2. The first-order valence-electron chi connectivity index (χ1n) is 14.5. The number of benzene rings is 1. The Hall–Kier alpha value is -2.20. The summed E-state index contributed by atoms with van der Waals surface area (Å²) in [7, 11) is -5.81. The van der Waals surface area contributed by atoms with Crippen molar-refractivity contribution in [1.82, 2.24) is 9.55 Å². The van der Waals surface area contributed by atoms with E-state index < -0.39 is 46.8 Å². The van der Waals surface area contributed by atoms with Gasteiger partial charge in [-0.25, -0.2) is 4.79 Å². The van der Waals surface area contributed by atoms with Crippen LogP contribution in [0.5, 0.6) is 0 Å². The highest BCUT2D eigenvalue weighted by Gasteiger charge is 2.64. The highest BCUT2D eigenvalue weighted by molar-refractivity contribution is 6.84. The highest BCUT2D eigenvalue weighted by Crippen LogP contribution is 2.50. The molecule has 0 spiro atoms. The molecule has 0 saturated carbocycles. The van der Waals surface area contributed by atoms with Gasteiger partial charge in [-0.1, -0.05) is 73.6 Å². The van der Waals surface area contributed by atoms with Gasteiger partial charge in [-0.05, 0) is 47.3 Å². The van der Waals surface area contributed by atoms with E-state index in [1.165, 1.54) is 16.8 Å². The van der Waals surface area contributed by atoms with Crippen molar-refractivity contribution in [3.05, 3.63) is 58.6 Å². The maximum atomic E-state index is 13.2. The first-order valence-corrected chi connectivity index (χ1v) is 18.4. The number of aliphatic hydroxyl groups is 1. The first-order chi connectivity index (χ1) is 19.2. The van der Waals surface area contributed by atoms with E-state index in [2.05, 4.69) is 65.7 Å². The number of carbonyl (C=O) groups is 1. The summed E-state index contributed by atoms with van der Waals surface area (Å²) in [5.41, 5.74) is -1.36. The molecule has 10 nitrogen and oxygen atoms in total. The van der Waals surface area contributed by atoms with E-state index in [9.17, 15) is 14.7 Å². The van der Waals surface area contributed by atoms with Crippen LogP contribution in [0.3, 0.4) is 0 Å². The molecule has 12 heteroatoms. The summed E-state index contributed by atoms with van der Waals surface area (Å²) in [4.78, 5) is 29.9. The lowest BCUT2D eigenvalue weighted by atomic mass is 9.96. The molecular formula is C29H45N3O7Si2. The lowest BCUT2D eigenvalue weighted by Gasteiger charge is -2.52. The van der Waals surface area contributed by atoms with Crippen LogP contribution in [0.1, 0.15) is 78.9 Å². The molecule has 3 heterocycles. The molecule has 2 saturated heterocycles. The van der Waals surface area contributed by atoms with Crippen LogP contribution in [-0.4, -0.2) is 62.1 Å². The molecule has 226 valence electrons. The molecule has 1 amide bonds. The van der Waals surface area contributed by atoms with E-state index >= 15 is 0 Å². The smallest absolute Gasteiger partial charge is 0.351 e. The summed E-state index contributed by atoms with van der Waals surface area (Å²) >= 11 is 0. The molecule has 0 radical (unpaired) electrons. The Bertz CT molecular complexity index is 1270. The highest BCUT2D eigenvalue weighted by atomic mass is 28.5. The molecule has 2 aromatic rings. The maximum absolute atomic E-state index is 13.2. The van der Waals surface area contributed by atoms with Crippen molar-refractivity contribution < 1.29 is 27.6 Å². The molecular weight excluding hydrogens is 559 g/mol. The average Bonchev–Trinajstić information content (AvgIpc) is 3.12. The molecule has 1 aromatic heterocycles. The van der Waals surface area contributed by atoms with E-state index in [0.717, 1.165) is 0 Å². The summed E-state index contributed by atoms with van der Waals surface area (Å²) < 4.78 is 28.6. The summed E-state index contributed by atoms with van der Waals surface area (Å²) in [6.45, 7) is 18.8. The molecule has 4 atom stereocenters. The van der Waals surface area contributed by atoms with Gasteiger partial charge in [0.25, 0.3) is 5.91 Å². The third-order valence-corrected chi connectivity index (χ3v) is 18.6. The number of aromatic nitrogens is 2. The molecule has 2 fully saturated rings. The Morgan fingerprint density at radius 1 is 1.00 bits per heavy atom. The lowest BCUT2D eigenvalue weighted by Crippen LogP contribution is -2.67. The second kappa shape index (κ2) is 11.8. The average molecular weight is 604 g/mol. The van der Waals surface area contributed by atoms with Gasteiger partial charge >= 0.3 is 22.8 Å². The van der Waals surface area contributed by atoms with Crippen LogP contribution in [0.2, 0.25) is 22.2 Å². The van der Waals surface area contributed by atoms with Gasteiger partial charge in [-0.3, -0.25) is 9.36 Å². The third kappa shape index (κ3) is 5.75. The van der Waals surface area contributed by atoms with Gasteiger partial charge in [-0.15, -0.1) is 0 Å². The number of carbonyl (C=O) groups excluding carboxylic acids is 1. The molecule has 0 bridgehead atoms. The maximum Gasteiger partial charge on any atom is 0.351 e. The SMILES string of the molecule is CC(C)[Si]1(C(C)C)OC[C@H]2O[C@@H](n3ccc(NC(=O)c4ccccc4)nc3=O)[C@](C)(O)C2O[Si](C(C)C)(C(C)C)O1. The Kier molecular flexibility index (Phi) is 9.15. The topological polar surface area (TPSA) is 121 Å². The summed E-state index contributed by atoms with van der Waals surface area (Å²) in [5.74, 6) is -0.275. The fourth-order valence-corrected chi connectivity index (χ4v) is 17.4. The van der Waals surface area contributed by atoms with Crippen LogP contribution in [0, 0.1) is 0 Å². The Morgan fingerprint density at radius 2 is 1.59 bits per heavy atom. The minimum absolute atomic E-state index is 0.0703. The largest absolute Gasteiger partial charge is 0.414 e. The van der Waals surface area contributed by atoms with Crippen molar-refractivity contribution in [3.63, 3.8) is 0 Å². The van der Waals surface area contributed by atoms with Gasteiger partial charge in [0, 0.05) is 11.8 Å². The minimum Gasteiger partial charge on any atom is -0.414 e. The molecule has 0 aliphatic carbocycles. The van der Waals surface area contributed by atoms with E-state index in [1.807, 2.05) is 6.07 Å². The Balaban J connectivity index is 1.69. The predicted molar refractivity (Wildman–Crippen MR) is 161 cm³/mol. The summed E-state index contributed by atoms with van der Waals surface area (Å²) in [6.07, 6.45) is -1.03. The zero-order valence-electron chi connectivity index (χ0n) is 25.6. The molecule has 41 heavy (non-hydrogen) atoms. The van der Waals surface area contributed by atoms with Gasteiger partial charge in [0.05, 0.1) is 6.61 Å². The van der Waals surface area contributed by atoms with E-state index in [4.69, 9.17) is 17.7 Å². The van der Waals surface area contributed by atoms with Gasteiger partial charge < -0.3 is 28.1 Å². The predicted octanol–water partition coefficient (Wildman–Crippen LogP) is 5.10. The number of hydrogen-bond donors (Lipinski definition) is 2. The minimum atomic E-state index is -3.01. The summed E-state index contributed by atoms with van der Waals surface area (Å²) in [5, 5.41) is 14.6. The summed E-state index contributed by atoms with van der Waals surface area (Å²) in [6, 6.07) is 10.2. The van der Waals surface area contributed by atoms with Crippen molar-refractivity contribution >= 4 is 28.8 Å². The van der Waals surface area contributed by atoms with Crippen LogP contribution in [0.4, 0.5) is 5.82 Å². The number of hydrogen-bond acceptors (Lipinski definition) is 8. The molecule has 4 rings (SSSR count). The Labute approximate surface area is 244 Å². The molecule has 2 aliphatic rings. The molecule has 1 aromatic carbocycles. The zero-order chi connectivity index (χ0) is 30.3. The van der Waals surface area contributed by atoms with Crippen LogP contribution in [0.15, 0.2) is 47.4 Å². The lowest BCUT2D eigenvalue weighted by molar-refractivity contribution is -0.0973. The zero-order valence-corrected chi connectivity index (χ0v) is 27.6. The van der Waals surface area contributed by atoms with Crippen molar-refractivity contribution in [2.24, 2.45) is 0 Å². The van der Waals surface area contributed by atoms with E-state index in [-0.39, 0.29) is 40.5 Å². The van der Waals surface area contributed by atoms with Crippen LogP contribution in [-0.2, 0) is 17.7 Å². The monoisotopic (exact) mass is 603 g/mol. The van der Waals surface area contributed by atoms with Crippen molar-refractivity contribution in [2.75, 3.05) is 11.9 Å².